The molecule has 0 saturated heterocycles. The highest BCUT2D eigenvalue weighted by Crippen LogP contribution is 2.19. The fraction of sp³-hybridized carbons (Fsp3) is 0.417. The fourth-order valence-electron chi connectivity index (χ4n) is 1.48. The van der Waals surface area contributed by atoms with Crippen LogP contribution in [0.3, 0.4) is 0 Å². The number of carbonyl (C=O) groups is 1. The molecule has 1 aromatic carbocycles. The van der Waals surface area contributed by atoms with Crippen LogP contribution in [-0.2, 0) is 11.2 Å². The number of amides is 1. The van der Waals surface area contributed by atoms with Gasteiger partial charge in [-0.3, -0.25) is 4.79 Å². The van der Waals surface area contributed by atoms with Crippen LogP contribution in [0.4, 0.5) is 4.39 Å². The highest BCUT2D eigenvalue weighted by atomic mass is 35.5. The van der Waals surface area contributed by atoms with Crippen molar-refractivity contribution in [3.8, 4) is 0 Å². The third kappa shape index (κ3) is 3.20. The van der Waals surface area contributed by atoms with Crippen molar-refractivity contribution in [3.63, 3.8) is 0 Å². The number of aryl methyl sites for hydroxylation is 1. The van der Waals surface area contributed by atoms with Crippen LogP contribution in [0.5, 0.6) is 0 Å². The minimum atomic E-state index is -0.423. The summed E-state index contributed by atoms with van der Waals surface area (Å²) in [6, 6.07) is 4.95. The molecule has 1 aliphatic rings. The van der Waals surface area contributed by atoms with Gasteiger partial charge in [-0.2, -0.15) is 0 Å². The standard InChI is InChI=1S/C12H13ClFNO/c13-10-7-8(1-5-11(10)14)2-6-12(16)15-9-3-4-9/h1,5,7,9H,2-4,6H2,(H,15,16). The summed E-state index contributed by atoms with van der Waals surface area (Å²) in [5.41, 5.74) is 0.886. The summed E-state index contributed by atoms with van der Waals surface area (Å²) >= 11 is 5.65. The lowest BCUT2D eigenvalue weighted by Crippen LogP contribution is -2.25. The number of carbonyl (C=O) groups excluding carboxylic acids is 1. The van der Waals surface area contributed by atoms with Crippen LogP contribution < -0.4 is 5.32 Å². The first kappa shape index (κ1) is 11.4. The molecule has 0 aliphatic heterocycles. The van der Waals surface area contributed by atoms with E-state index in [-0.39, 0.29) is 10.9 Å². The summed E-state index contributed by atoms with van der Waals surface area (Å²) in [6.45, 7) is 0. The van der Waals surface area contributed by atoms with E-state index in [1.54, 1.807) is 12.1 Å². The third-order valence-electron chi connectivity index (χ3n) is 2.57. The minimum absolute atomic E-state index is 0.0583. The molecule has 1 N–H and O–H groups in total. The zero-order valence-corrected chi connectivity index (χ0v) is 9.56. The van der Waals surface area contributed by atoms with E-state index in [1.807, 2.05) is 0 Å². The van der Waals surface area contributed by atoms with Crippen molar-refractivity contribution < 1.29 is 9.18 Å². The Labute approximate surface area is 98.8 Å². The average molecular weight is 242 g/mol. The van der Waals surface area contributed by atoms with Crippen LogP contribution >= 0.6 is 11.6 Å². The van der Waals surface area contributed by atoms with Crippen LogP contribution in [-0.4, -0.2) is 11.9 Å². The number of hydrogen-bond acceptors (Lipinski definition) is 1. The Morgan fingerprint density at radius 3 is 2.88 bits per heavy atom. The van der Waals surface area contributed by atoms with E-state index < -0.39 is 5.82 Å². The molecule has 1 saturated carbocycles. The van der Waals surface area contributed by atoms with Crippen molar-refractivity contribution in [2.24, 2.45) is 0 Å². The van der Waals surface area contributed by atoms with Crippen LogP contribution in [0.15, 0.2) is 18.2 Å². The molecule has 2 nitrogen and oxygen atoms in total. The summed E-state index contributed by atoms with van der Waals surface area (Å²) < 4.78 is 12.9. The molecule has 16 heavy (non-hydrogen) atoms. The lowest BCUT2D eigenvalue weighted by Gasteiger charge is -2.04. The van der Waals surface area contributed by atoms with Gasteiger partial charge in [0.05, 0.1) is 5.02 Å². The first-order valence-electron chi connectivity index (χ1n) is 5.38. The maximum atomic E-state index is 12.9. The molecule has 86 valence electrons. The monoisotopic (exact) mass is 241 g/mol. The first-order valence-corrected chi connectivity index (χ1v) is 5.76. The van der Waals surface area contributed by atoms with Crippen molar-refractivity contribution in [1.29, 1.82) is 0 Å². The summed E-state index contributed by atoms with van der Waals surface area (Å²) in [4.78, 5) is 11.4. The second-order valence-electron chi connectivity index (χ2n) is 4.09. The lowest BCUT2D eigenvalue weighted by atomic mass is 10.1. The second-order valence-corrected chi connectivity index (χ2v) is 4.50. The Kier molecular flexibility index (Phi) is 3.44. The van der Waals surface area contributed by atoms with Gasteiger partial charge in [0.15, 0.2) is 0 Å². The van der Waals surface area contributed by atoms with Gasteiger partial charge in [-0.15, -0.1) is 0 Å². The summed E-state index contributed by atoms with van der Waals surface area (Å²) in [7, 11) is 0. The number of benzene rings is 1. The number of nitrogens with one attached hydrogen (secondary N) is 1. The summed E-state index contributed by atoms with van der Waals surface area (Å²) in [5.74, 6) is -0.365. The normalized spacial score (nSPS) is 14.9. The molecular formula is C12H13ClFNO. The van der Waals surface area contributed by atoms with Gasteiger partial charge in [0.25, 0.3) is 0 Å². The summed E-state index contributed by atoms with van der Waals surface area (Å²) in [5, 5.41) is 3.02. The van der Waals surface area contributed by atoms with E-state index in [4.69, 9.17) is 11.6 Å². The Hall–Kier alpha value is -1.09. The van der Waals surface area contributed by atoms with Gasteiger partial charge in [-0.05, 0) is 37.0 Å². The molecule has 0 spiro atoms. The molecule has 0 heterocycles. The molecule has 1 fully saturated rings. The quantitative estimate of drug-likeness (QED) is 0.863. The van der Waals surface area contributed by atoms with E-state index in [0.29, 0.717) is 18.9 Å². The van der Waals surface area contributed by atoms with Crippen molar-refractivity contribution >= 4 is 17.5 Å². The van der Waals surface area contributed by atoms with Gasteiger partial charge in [-0.25, -0.2) is 4.39 Å². The maximum absolute atomic E-state index is 12.9. The minimum Gasteiger partial charge on any atom is -0.353 e. The largest absolute Gasteiger partial charge is 0.353 e. The molecule has 2 rings (SSSR count). The molecule has 1 amide bonds. The lowest BCUT2D eigenvalue weighted by molar-refractivity contribution is -0.121. The average Bonchev–Trinajstić information content (AvgIpc) is 3.04. The molecule has 0 unspecified atom stereocenters. The van der Waals surface area contributed by atoms with E-state index in [9.17, 15) is 9.18 Å². The molecule has 0 bridgehead atoms. The Morgan fingerprint density at radius 1 is 1.50 bits per heavy atom. The van der Waals surface area contributed by atoms with Crippen molar-refractivity contribution in [1.82, 2.24) is 5.32 Å². The Morgan fingerprint density at radius 2 is 2.25 bits per heavy atom. The molecule has 1 aliphatic carbocycles. The number of hydrogen-bond donors (Lipinski definition) is 1. The van der Waals surface area contributed by atoms with Crippen molar-refractivity contribution in [2.75, 3.05) is 0 Å². The van der Waals surface area contributed by atoms with E-state index in [0.717, 1.165) is 18.4 Å². The maximum Gasteiger partial charge on any atom is 0.220 e. The Bertz CT molecular complexity index is 404. The SMILES string of the molecule is O=C(CCc1ccc(F)c(Cl)c1)NC1CC1. The van der Waals surface area contributed by atoms with Crippen LogP contribution in [0.2, 0.25) is 5.02 Å². The van der Waals surface area contributed by atoms with Crippen LogP contribution in [0.25, 0.3) is 0 Å². The van der Waals surface area contributed by atoms with E-state index in [2.05, 4.69) is 5.32 Å². The van der Waals surface area contributed by atoms with Gasteiger partial charge in [0.2, 0.25) is 5.91 Å². The van der Waals surface area contributed by atoms with Gasteiger partial charge in [0, 0.05) is 12.5 Å². The van der Waals surface area contributed by atoms with E-state index >= 15 is 0 Å². The molecular weight excluding hydrogens is 229 g/mol. The predicted molar refractivity (Wildman–Crippen MR) is 60.9 cm³/mol. The van der Waals surface area contributed by atoms with Crippen LogP contribution in [0.1, 0.15) is 24.8 Å². The number of halogens is 2. The third-order valence-corrected chi connectivity index (χ3v) is 2.86. The van der Waals surface area contributed by atoms with Crippen molar-refractivity contribution in [2.45, 2.75) is 31.7 Å². The summed E-state index contributed by atoms with van der Waals surface area (Å²) in [6.07, 6.45) is 3.21. The highest BCUT2D eigenvalue weighted by molar-refractivity contribution is 6.30. The van der Waals surface area contributed by atoms with Crippen molar-refractivity contribution in [3.05, 3.63) is 34.6 Å². The fourth-order valence-corrected chi connectivity index (χ4v) is 1.68. The van der Waals surface area contributed by atoms with Gasteiger partial charge in [-0.1, -0.05) is 17.7 Å². The first-order chi connectivity index (χ1) is 7.65. The van der Waals surface area contributed by atoms with Gasteiger partial charge < -0.3 is 5.32 Å². The predicted octanol–water partition coefficient (Wildman–Crippen LogP) is 2.69. The second kappa shape index (κ2) is 4.83. The zero-order chi connectivity index (χ0) is 11.5. The smallest absolute Gasteiger partial charge is 0.220 e. The topological polar surface area (TPSA) is 29.1 Å². The highest BCUT2D eigenvalue weighted by Gasteiger charge is 2.22. The zero-order valence-electron chi connectivity index (χ0n) is 8.80. The molecule has 1 aromatic rings. The molecule has 0 radical (unpaired) electrons. The van der Waals surface area contributed by atoms with Crippen LogP contribution in [0, 0.1) is 5.82 Å². The Balaban J connectivity index is 1.83. The van der Waals surface area contributed by atoms with E-state index in [1.165, 1.54) is 6.07 Å². The van der Waals surface area contributed by atoms with Gasteiger partial charge in [0.1, 0.15) is 5.82 Å². The molecule has 4 heteroatoms. The van der Waals surface area contributed by atoms with Gasteiger partial charge >= 0.3 is 0 Å². The molecule has 0 aromatic heterocycles. The number of rotatable bonds is 4. The molecule has 0 atom stereocenters.